The van der Waals surface area contributed by atoms with E-state index < -0.39 is 0 Å². The Balaban J connectivity index is 1.51. The van der Waals surface area contributed by atoms with Crippen molar-refractivity contribution in [3.63, 3.8) is 0 Å². The molecule has 1 heterocycles. The summed E-state index contributed by atoms with van der Waals surface area (Å²) in [6.45, 7) is 1.70. The molecule has 4 nitrogen and oxygen atoms in total. The maximum Gasteiger partial charge on any atom is 0.226 e. The minimum absolute atomic E-state index is 0.00334. The predicted molar refractivity (Wildman–Crippen MR) is 90.3 cm³/mol. The molecule has 0 aromatic heterocycles. The van der Waals surface area contributed by atoms with Crippen molar-refractivity contribution < 1.29 is 9.53 Å². The fourth-order valence-corrected chi connectivity index (χ4v) is 3.02. The van der Waals surface area contributed by atoms with Crippen LogP contribution >= 0.6 is 0 Å². The average Bonchev–Trinajstić information content (AvgIpc) is 2.98. The van der Waals surface area contributed by atoms with Crippen LogP contribution in [0.4, 0.5) is 0 Å². The van der Waals surface area contributed by atoms with Crippen molar-refractivity contribution in [2.24, 2.45) is 5.73 Å². The quantitative estimate of drug-likeness (QED) is 0.922. The molecule has 1 saturated heterocycles. The number of nitrogens with two attached hydrogens (primary N) is 1. The highest BCUT2D eigenvalue weighted by Crippen LogP contribution is 2.26. The maximum atomic E-state index is 12.3. The predicted octanol–water partition coefficient (Wildman–Crippen LogP) is 2.41. The Morgan fingerprint density at radius 1 is 1.04 bits per heavy atom. The van der Waals surface area contributed by atoms with Gasteiger partial charge in [-0.3, -0.25) is 4.79 Å². The van der Waals surface area contributed by atoms with E-state index in [2.05, 4.69) is 12.1 Å². The molecule has 1 aliphatic heterocycles. The lowest BCUT2D eigenvalue weighted by Gasteiger charge is -2.16. The Morgan fingerprint density at radius 3 is 2.39 bits per heavy atom. The van der Waals surface area contributed by atoms with Crippen molar-refractivity contribution in [1.29, 1.82) is 0 Å². The van der Waals surface area contributed by atoms with Crippen LogP contribution in [0.2, 0.25) is 0 Å². The zero-order valence-electron chi connectivity index (χ0n) is 13.1. The van der Waals surface area contributed by atoms with Crippen LogP contribution in [0.15, 0.2) is 60.7 Å². The van der Waals surface area contributed by atoms with Crippen LogP contribution in [0.25, 0.3) is 0 Å². The standard InChI is InChI=1S/C19H22N2O2/c20-18-14-21(13-17(18)15-7-3-1-4-8-15)19(22)11-12-23-16-9-5-2-6-10-16/h1-10,17-18H,11-14,20H2/t17-,18+/m0/s1. The second-order valence-electron chi connectivity index (χ2n) is 5.89. The number of nitrogens with zero attached hydrogens (tertiary/aromatic N) is 1. The van der Waals surface area contributed by atoms with Gasteiger partial charge in [-0.25, -0.2) is 0 Å². The largest absolute Gasteiger partial charge is 0.493 e. The lowest BCUT2D eigenvalue weighted by atomic mass is 9.95. The molecule has 0 bridgehead atoms. The van der Waals surface area contributed by atoms with Gasteiger partial charge in [-0.15, -0.1) is 0 Å². The van der Waals surface area contributed by atoms with E-state index in [1.165, 1.54) is 5.56 Å². The monoisotopic (exact) mass is 310 g/mol. The highest BCUT2D eigenvalue weighted by molar-refractivity contribution is 5.77. The van der Waals surface area contributed by atoms with Gasteiger partial charge in [0, 0.05) is 25.0 Å². The number of carbonyl (C=O) groups is 1. The minimum atomic E-state index is -0.00334. The molecule has 4 heteroatoms. The highest BCUT2D eigenvalue weighted by atomic mass is 16.5. The third-order valence-electron chi connectivity index (χ3n) is 4.27. The molecule has 1 aliphatic rings. The molecule has 120 valence electrons. The Hall–Kier alpha value is -2.33. The Morgan fingerprint density at radius 2 is 1.70 bits per heavy atom. The smallest absolute Gasteiger partial charge is 0.226 e. The molecule has 0 aliphatic carbocycles. The number of carbonyl (C=O) groups excluding carboxylic acids is 1. The van der Waals surface area contributed by atoms with E-state index >= 15 is 0 Å². The van der Waals surface area contributed by atoms with E-state index in [9.17, 15) is 4.79 Å². The second-order valence-corrected chi connectivity index (χ2v) is 5.89. The van der Waals surface area contributed by atoms with Crippen LogP contribution in [0.3, 0.4) is 0 Å². The van der Waals surface area contributed by atoms with Crippen LogP contribution in [0.1, 0.15) is 17.9 Å². The molecule has 2 aromatic rings. The first kappa shape index (κ1) is 15.6. The summed E-state index contributed by atoms with van der Waals surface area (Å²) in [6, 6.07) is 19.7. The van der Waals surface area contributed by atoms with E-state index in [1.54, 1.807) is 0 Å². The molecule has 0 saturated carbocycles. The summed E-state index contributed by atoms with van der Waals surface area (Å²) in [4.78, 5) is 14.2. The molecule has 2 atom stereocenters. The number of amides is 1. The van der Waals surface area contributed by atoms with Crippen LogP contribution < -0.4 is 10.5 Å². The number of hydrogen-bond donors (Lipinski definition) is 1. The molecule has 2 N–H and O–H groups in total. The molecular formula is C19H22N2O2. The molecule has 3 rings (SSSR count). The van der Waals surface area contributed by atoms with Gasteiger partial charge < -0.3 is 15.4 Å². The zero-order chi connectivity index (χ0) is 16.1. The summed E-state index contributed by atoms with van der Waals surface area (Å²) in [5.74, 6) is 1.12. The van der Waals surface area contributed by atoms with Gasteiger partial charge in [0.2, 0.25) is 5.91 Å². The van der Waals surface area contributed by atoms with Gasteiger partial charge in [0.05, 0.1) is 13.0 Å². The van der Waals surface area contributed by atoms with Crippen molar-refractivity contribution in [2.45, 2.75) is 18.4 Å². The van der Waals surface area contributed by atoms with Crippen molar-refractivity contribution in [3.05, 3.63) is 66.2 Å². The Bertz CT molecular complexity index is 630. The third-order valence-corrected chi connectivity index (χ3v) is 4.27. The molecular weight excluding hydrogens is 288 g/mol. The summed E-state index contributed by atoms with van der Waals surface area (Å²) in [5, 5.41) is 0. The summed E-state index contributed by atoms with van der Waals surface area (Å²) >= 11 is 0. The Kier molecular flexibility index (Phi) is 4.93. The molecule has 0 spiro atoms. The number of para-hydroxylation sites is 1. The fourth-order valence-electron chi connectivity index (χ4n) is 3.02. The number of ether oxygens (including phenoxy) is 1. The van der Waals surface area contributed by atoms with Crippen molar-refractivity contribution in [1.82, 2.24) is 4.90 Å². The van der Waals surface area contributed by atoms with Crippen LogP contribution in [0.5, 0.6) is 5.75 Å². The lowest BCUT2D eigenvalue weighted by molar-refractivity contribution is -0.130. The normalized spacial score (nSPS) is 20.5. The van der Waals surface area contributed by atoms with Crippen molar-refractivity contribution >= 4 is 5.91 Å². The summed E-state index contributed by atoms with van der Waals surface area (Å²) in [6.07, 6.45) is 0.378. The van der Waals surface area contributed by atoms with Crippen molar-refractivity contribution in [2.75, 3.05) is 19.7 Å². The van der Waals surface area contributed by atoms with Gasteiger partial charge in [0.1, 0.15) is 5.75 Å². The fraction of sp³-hybridized carbons (Fsp3) is 0.316. The third kappa shape index (κ3) is 3.90. The van der Waals surface area contributed by atoms with Crippen LogP contribution in [-0.2, 0) is 4.79 Å². The topological polar surface area (TPSA) is 55.6 Å². The maximum absolute atomic E-state index is 12.3. The highest BCUT2D eigenvalue weighted by Gasteiger charge is 2.33. The zero-order valence-corrected chi connectivity index (χ0v) is 13.1. The van der Waals surface area contributed by atoms with Gasteiger partial charge in [-0.1, -0.05) is 48.5 Å². The lowest BCUT2D eigenvalue weighted by Crippen LogP contribution is -2.32. The van der Waals surface area contributed by atoms with Gasteiger partial charge >= 0.3 is 0 Å². The van der Waals surface area contributed by atoms with Gasteiger partial charge in [0.15, 0.2) is 0 Å². The van der Waals surface area contributed by atoms with Gasteiger partial charge in [-0.05, 0) is 17.7 Å². The van der Waals surface area contributed by atoms with E-state index in [0.29, 0.717) is 26.1 Å². The number of likely N-dealkylation sites (tertiary alicyclic amines) is 1. The molecule has 0 radical (unpaired) electrons. The van der Waals surface area contributed by atoms with Gasteiger partial charge in [0.25, 0.3) is 0 Å². The molecule has 2 aromatic carbocycles. The summed E-state index contributed by atoms with van der Waals surface area (Å²) < 4.78 is 5.60. The molecule has 1 amide bonds. The first-order chi connectivity index (χ1) is 11.2. The SMILES string of the molecule is N[C@@H]1CN(C(=O)CCOc2ccccc2)C[C@H]1c1ccccc1. The summed E-state index contributed by atoms with van der Waals surface area (Å²) in [5.41, 5.74) is 7.44. The number of rotatable bonds is 5. The summed E-state index contributed by atoms with van der Waals surface area (Å²) in [7, 11) is 0. The number of benzene rings is 2. The van der Waals surface area contributed by atoms with Crippen LogP contribution in [-0.4, -0.2) is 36.5 Å². The second kappa shape index (κ2) is 7.29. The van der Waals surface area contributed by atoms with E-state index in [1.807, 2.05) is 53.4 Å². The first-order valence-corrected chi connectivity index (χ1v) is 8.00. The van der Waals surface area contributed by atoms with Gasteiger partial charge in [-0.2, -0.15) is 0 Å². The van der Waals surface area contributed by atoms with Crippen LogP contribution in [0, 0.1) is 0 Å². The molecule has 1 fully saturated rings. The number of hydrogen-bond acceptors (Lipinski definition) is 3. The Labute approximate surface area is 136 Å². The van der Waals surface area contributed by atoms with E-state index in [0.717, 1.165) is 5.75 Å². The molecule has 23 heavy (non-hydrogen) atoms. The first-order valence-electron chi connectivity index (χ1n) is 8.00. The van der Waals surface area contributed by atoms with Crippen molar-refractivity contribution in [3.8, 4) is 5.75 Å². The average molecular weight is 310 g/mol. The minimum Gasteiger partial charge on any atom is -0.493 e. The van der Waals surface area contributed by atoms with E-state index in [-0.39, 0.29) is 17.9 Å². The molecule has 0 unspecified atom stereocenters. The van der Waals surface area contributed by atoms with E-state index in [4.69, 9.17) is 10.5 Å².